The Morgan fingerprint density at radius 2 is 1.86 bits per heavy atom. The zero-order valence-electron chi connectivity index (χ0n) is 7.55. The largest absolute Gasteiger partial charge is 0.356 e. The van der Waals surface area contributed by atoms with Crippen LogP contribution >= 0.6 is 23.2 Å². The first-order valence-electron chi connectivity index (χ1n) is 3.97. The zero-order valence-corrected chi connectivity index (χ0v) is 9.06. The zero-order chi connectivity index (χ0) is 10.6. The minimum atomic E-state index is -0.166. The van der Waals surface area contributed by atoms with E-state index in [0.29, 0.717) is 10.0 Å². The Morgan fingerprint density at radius 3 is 2.36 bits per heavy atom. The molecule has 14 heavy (non-hydrogen) atoms. The lowest BCUT2D eigenvalue weighted by Gasteiger charge is -1.96. The number of carbonyl (C=O) groups is 1. The van der Waals surface area contributed by atoms with E-state index in [0.717, 1.165) is 5.56 Å². The number of carbonyl (C=O) groups excluding carboxylic acids is 1. The lowest BCUT2D eigenvalue weighted by molar-refractivity contribution is -0.115. The lowest BCUT2D eigenvalue weighted by Crippen LogP contribution is -2.13. The molecule has 1 aromatic rings. The Hall–Kier alpha value is -0.990. The molecule has 74 valence electrons. The van der Waals surface area contributed by atoms with Crippen LogP contribution in [0.5, 0.6) is 0 Å². The van der Waals surface area contributed by atoms with E-state index in [9.17, 15) is 4.79 Å². The van der Waals surface area contributed by atoms with Crippen LogP contribution in [0.15, 0.2) is 24.3 Å². The first kappa shape index (κ1) is 11.1. The molecule has 0 radical (unpaired) electrons. The van der Waals surface area contributed by atoms with Gasteiger partial charge >= 0.3 is 0 Å². The molecule has 0 atom stereocenters. The second kappa shape index (κ2) is 5.03. The monoisotopic (exact) mass is 229 g/mol. The predicted molar refractivity (Wildman–Crippen MR) is 59.6 cm³/mol. The molecular weight excluding hydrogens is 221 g/mol. The molecule has 0 unspecified atom stereocenters. The lowest BCUT2D eigenvalue weighted by atomic mass is 10.2. The Kier molecular flexibility index (Phi) is 3.98. The van der Waals surface area contributed by atoms with Crippen molar-refractivity contribution in [2.75, 3.05) is 7.05 Å². The van der Waals surface area contributed by atoms with Gasteiger partial charge in [-0.1, -0.05) is 23.2 Å². The predicted octanol–water partition coefficient (Wildman–Crippen LogP) is 2.75. The Balaban J connectivity index is 2.86. The summed E-state index contributed by atoms with van der Waals surface area (Å²) in [4.78, 5) is 10.9. The molecule has 0 bridgehead atoms. The van der Waals surface area contributed by atoms with Gasteiger partial charge in [0.2, 0.25) is 5.91 Å². The van der Waals surface area contributed by atoms with Crippen LogP contribution in [0.4, 0.5) is 0 Å². The fourth-order valence-electron chi connectivity index (χ4n) is 0.927. The third-order valence-corrected chi connectivity index (χ3v) is 1.99. The van der Waals surface area contributed by atoms with Gasteiger partial charge in [0.15, 0.2) is 0 Å². The number of amides is 1. The van der Waals surface area contributed by atoms with Crippen LogP contribution in [-0.4, -0.2) is 13.0 Å². The number of hydrogen-bond donors (Lipinski definition) is 1. The number of likely N-dealkylation sites (N-methyl/N-ethyl adjacent to an activating group) is 1. The normalized spacial score (nSPS) is 10.5. The van der Waals surface area contributed by atoms with E-state index >= 15 is 0 Å². The summed E-state index contributed by atoms with van der Waals surface area (Å²) in [6, 6.07) is 5.10. The van der Waals surface area contributed by atoms with Gasteiger partial charge in [-0.05, 0) is 29.8 Å². The number of hydrogen-bond acceptors (Lipinski definition) is 1. The molecule has 1 amide bonds. The highest BCUT2D eigenvalue weighted by Crippen LogP contribution is 2.19. The SMILES string of the molecule is CNC(=O)/C=C/c1cc(Cl)cc(Cl)c1. The van der Waals surface area contributed by atoms with Crippen molar-refractivity contribution in [1.82, 2.24) is 5.32 Å². The average Bonchev–Trinajstić information content (AvgIpc) is 2.12. The van der Waals surface area contributed by atoms with Gasteiger partial charge in [0, 0.05) is 23.2 Å². The van der Waals surface area contributed by atoms with Crippen LogP contribution in [0.25, 0.3) is 6.08 Å². The van der Waals surface area contributed by atoms with Gasteiger partial charge in [-0.2, -0.15) is 0 Å². The first-order chi connectivity index (χ1) is 6.61. The standard InChI is InChI=1S/C10H9Cl2NO/c1-13-10(14)3-2-7-4-8(11)6-9(12)5-7/h2-6H,1H3,(H,13,14)/b3-2+. The van der Waals surface area contributed by atoms with Gasteiger partial charge in [-0.3, -0.25) is 4.79 Å². The second-order valence-electron chi connectivity index (χ2n) is 2.65. The van der Waals surface area contributed by atoms with E-state index in [2.05, 4.69) is 5.32 Å². The molecule has 0 fully saturated rings. The topological polar surface area (TPSA) is 29.1 Å². The molecule has 0 heterocycles. The number of nitrogens with one attached hydrogen (secondary N) is 1. The summed E-state index contributed by atoms with van der Waals surface area (Å²) >= 11 is 11.6. The van der Waals surface area contributed by atoms with E-state index in [1.807, 2.05) is 0 Å². The van der Waals surface area contributed by atoms with Crippen molar-refractivity contribution in [2.24, 2.45) is 0 Å². The maximum absolute atomic E-state index is 10.9. The molecule has 1 rings (SSSR count). The van der Waals surface area contributed by atoms with Crippen molar-refractivity contribution in [1.29, 1.82) is 0 Å². The number of halogens is 2. The van der Waals surface area contributed by atoms with Crippen molar-refractivity contribution in [3.05, 3.63) is 39.9 Å². The second-order valence-corrected chi connectivity index (χ2v) is 3.52. The van der Waals surface area contributed by atoms with Crippen LogP contribution in [0.3, 0.4) is 0 Å². The van der Waals surface area contributed by atoms with Gasteiger partial charge in [-0.25, -0.2) is 0 Å². The fraction of sp³-hybridized carbons (Fsp3) is 0.100. The minimum absolute atomic E-state index is 0.166. The van der Waals surface area contributed by atoms with Crippen molar-refractivity contribution >= 4 is 35.2 Å². The van der Waals surface area contributed by atoms with Crippen molar-refractivity contribution in [3.8, 4) is 0 Å². The quantitative estimate of drug-likeness (QED) is 0.777. The molecule has 0 spiro atoms. The smallest absolute Gasteiger partial charge is 0.243 e. The van der Waals surface area contributed by atoms with E-state index in [1.165, 1.54) is 6.08 Å². The molecule has 0 aliphatic heterocycles. The molecule has 0 aliphatic carbocycles. The van der Waals surface area contributed by atoms with Gasteiger partial charge in [0.05, 0.1) is 0 Å². The fourth-order valence-corrected chi connectivity index (χ4v) is 1.47. The third kappa shape index (κ3) is 3.40. The molecule has 0 saturated heterocycles. The minimum Gasteiger partial charge on any atom is -0.356 e. The van der Waals surface area contributed by atoms with Crippen LogP contribution in [0.1, 0.15) is 5.56 Å². The molecule has 4 heteroatoms. The molecular formula is C10H9Cl2NO. The Labute approximate surface area is 92.5 Å². The van der Waals surface area contributed by atoms with Gasteiger partial charge in [0.1, 0.15) is 0 Å². The summed E-state index contributed by atoms with van der Waals surface area (Å²) in [6.45, 7) is 0. The van der Waals surface area contributed by atoms with Crippen LogP contribution < -0.4 is 5.32 Å². The summed E-state index contributed by atoms with van der Waals surface area (Å²) in [5.74, 6) is -0.166. The van der Waals surface area contributed by atoms with Crippen molar-refractivity contribution in [2.45, 2.75) is 0 Å². The van der Waals surface area contributed by atoms with Gasteiger partial charge < -0.3 is 5.32 Å². The average molecular weight is 230 g/mol. The molecule has 0 aliphatic rings. The highest BCUT2D eigenvalue weighted by molar-refractivity contribution is 6.34. The third-order valence-electron chi connectivity index (χ3n) is 1.56. The number of benzene rings is 1. The number of rotatable bonds is 2. The van der Waals surface area contributed by atoms with Gasteiger partial charge in [0.25, 0.3) is 0 Å². The van der Waals surface area contributed by atoms with E-state index in [-0.39, 0.29) is 5.91 Å². The van der Waals surface area contributed by atoms with Crippen LogP contribution in [0.2, 0.25) is 10.0 Å². The summed E-state index contributed by atoms with van der Waals surface area (Å²) in [7, 11) is 1.57. The van der Waals surface area contributed by atoms with E-state index < -0.39 is 0 Å². The van der Waals surface area contributed by atoms with Crippen LogP contribution in [0, 0.1) is 0 Å². The van der Waals surface area contributed by atoms with E-state index in [1.54, 1.807) is 31.3 Å². The molecule has 0 saturated carbocycles. The maximum Gasteiger partial charge on any atom is 0.243 e. The summed E-state index contributed by atoms with van der Waals surface area (Å²) in [5.41, 5.74) is 0.797. The molecule has 1 aromatic carbocycles. The summed E-state index contributed by atoms with van der Waals surface area (Å²) < 4.78 is 0. The first-order valence-corrected chi connectivity index (χ1v) is 4.73. The van der Waals surface area contributed by atoms with Crippen molar-refractivity contribution < 1.29 is 4.79 Å². The Bertz CT molecular complexity index is 354. The molecule has 2 nitrogen and oxygen atoms in total. The summed E-state index contributed by atoms with van der Waals surface area (Å²) in [6.07, 6.45) is 3.07. The molecule has 0 aromatic heterocycles. The highest BCUT2D eigenvalue weighted by Gasteiger charge is 1.95. The van der Waals surface area contributed by atoms with Crippen LogP contribution in [-0.2, 0) is 4.79 Å². The molecule has 1 N–H and O–H groups in total. The maximum atomic E-state index is 10.9. The summed E-state index contributed by atoms with van der Waals surface area (Å²) in [5, 5.41) is 3.57. The van der Waals surface area contributed by atoms with E-state index in [4.69, 9.17) is 23.2 Å². The van der Waals surface area contributed by atoms with Gasteiger partial charge in [-0.15, -0.1) is 0 Å². The Morgan fingerprint density at radius 1 is 1.29 bits per heavy atom. The highest BCUT2D eigenvalue weighted by atomic mass is 35.5. The van der Waals surface area contributed by atoms with Crippen molar-refractivity contribution in [3.63, 3.8) is 0 Å².